The second-order valence-electron chi connectivity index (χ2n) is 4.02. The summed E-state index contributed by atoms with van der Waals surface area (Å²) in [5, 5.41) is 14.5. The summed E-state index contributed by atoms with van der Waals surface area (Å²) in [6.45, 7) is 2.71. The highest BCUT2D eigenvalue weighted by Gasteiger charge is 2.21. The first-order valence-electron chi connectivity index (χ1n) is 5.78. The fourth-order valence-corrected chi connectivity index (χ4v) is 2.39. The molecule has 18 heavy (non-hydrogen) atoms. The van der Waals surface area contributed by atoms with Crippen molar-refractivity contribution in [3.05, 3.63) is 52.0 Å². The molecule has 96 valence electrons. The maximum absolute atomic E-state index is 13.7. The molecule has 0 aliphatic heterocycles. The van der Waals surface area contributed by atoms with E-state index in [1.807, 2.05) is 6.92 Å². The fourth-order valence-electron chi connectivity index (χ4n) is 1.88. The van der Waals surface area contributed by atoms with Gasteiger partial charge < -0.3 is 5.11 Å². The second-order valence-corrected chi connectivity index (χ2v) is 4.88. The Morgan fingerprint density at radius 1 is 1.44 bits per heavy atom. The SMILES string of the molecule is CCCn1ncc(Br)c1C(O)c1ccccc1F. The van der Waals surface area contributed by atoms with Crippen molar-refractivity contribution in [2.45, 2.75) is 26.0 Å². The molecule has 1 aromatic carbocycles. The van der Waals surface area contributed by atoms with E-state index in [2.05, 4.69) is 21.0 Å². The van der Waals surface area contributed by atoms with Crippen LogP contribution in [0.4, 0.5) is 4.39 Å². The highest BCUT2D eigenvalue weighted by Crippen LogP contribution is 2.29. The molecule has 0 radical (unpaired) electrons. The molecule has 0 fully saturated rings. The number of aryl methyl sites for hydroxylation is 1. The summed E-state index contributed by atoms with van der Waals surface area (Å²) in [6, 6.07) is 6.22. The predicted octanol–water partition coefficient (Wildman–Crippen LogP) is 3.28. The minimum Gasteiger partial charge on any atom is -0.382 e. The van der Waals surface area contributed by atoms with E-state index in [0.29, 0.717) is 16.7 Å². The number of nitrogens with zero attached hydrogens (tertiary/aromatic N) is 2. The molecule has 0 amide bonds. The van der Waals surface area contributed by atoms with Crippen molar-refractivity contribution in [3.63, 3.8) is 0 Å². The molecular formula is C13H14BrFN2O. The van der Waals surface area contributed by atoms with Crippen LogP contribution in [0.15, 0.2) is 34.9 Å². The maximum atomic E-state index is 13.7. The number of halogens is 2. The summed E-state index contributed by atoms with van der Waals surface area (Å²) in [4.78, 5) is 0. The van der Waals surface area contributed by atoms with Crippen LogP contribution in [0.3, 0.4) is 0 Å². The van der Waals surface area contributed by atoms with E-state index < -0.39 is 11.9 Å². The molecule has 1 aromatic heterocycles. The molecule has 1 unspecified atom stereocenters. The third kappa shape index (κ3) is 2.47. The normalized spacial score (nSPS) is 12.7. The first-order valence-corrected chi connectivity index (χ1v) is 6.58. The summed E-state index contributed by atoms with van der Waals surface area (Å²) < 4.78 is 16.1. The zero-order valence-electron chi connectivity index (χ0n) is 9.98. The zero-order valence-corrected chi connectivity index (χ0v) is 11.6. The molecule has 0 aliphatic carbocycles. The van der Waals surface area contributed by atoms with Crippen LogP contribution in [-0.4, -0.2) is 14.9 Å². The van der Waals surface area contributed by atoms with Crippen molar-refractivity contribution in [2.75, 3.05) is 0 Å². The number of hydrogen-bond donors (Lipinski definition) is 1. The Balaban J connectivity index is 2.42. The van der Waals surface area contributed by atoms with Gasteiger partial charge in [-0.1, -0.05) is 25.1 Å². The summed E-state index contributed by atoms with van der Waals surface area (Å²) in [6.07, 6.45) is 1.50. The first kappa shape index (κ1) is 13.2. The molecule has 5 heteroatoms. The lowest BCUT2D eigenvalue weighted by atomic mass is 10.1. The van der Waals surface area contributed by atoms with E-state index in [1.54, 1.807) is 29.1 Å². The van der Waals surface area contributed by atoms with Crippen LogP contribution >= 0.6 is 15.9 Å². The fraction of sp³-hybridized carbons (Fsp3) is 0.308. The molecule has 1 N–H and O–H groups in total. The number of benzene rings is 1. The van der Waals surface area contributed by atoms with Crippen LogP contribution in [0.25, 0.3) is 0 Å². The lowest BCUT2D eigenvalue weighted by Gasteiger charge is -2.14. The molecule has 1 atom stereocenters. The smallest absolute Gasteiger partial charge is 0.129 e. The minimum absolute atomic E-state index is 0.260. The average molecular weight is 313 g/mol. The predicted molar refractivity (Wildman–Crippen MR) is 70.7 cm³/mol. The number of aliphatic hydroxyl groups excluding tert-OH is 1. The number of hydrogen-bond acceptors (Lipinski definition) is 2. The monoisotopic (exact) mass is 312 g/mol. The summed E-state index contributed by atoms with van der Waals surface area (Å²) in [5.74, 6) is -0.416. The number of aromatic nitrogens is 2. The van der Waals surface area contributed by atoms with E-state index in [4.69, 9.17) is 0 Å². The van der Waals surface area contributed by atoms with Gasteiger partial charge in [0.15, 0.2) is 0 Å². The van der Waals surface area contributed by atoms with Crippen molar-refractivity contribution in [3.8, 4) is 0 Å². The molecule has 2 rings (SSSR count). The number of aliphatic hydroxyl groups is 1. The van der Waals surface area contributed by atoms with Crippen LogP contribution in [0.5, 0.6) is 0 Å². The van der Waals surface area contributed by atoms with Gasteiger partial charge in [-0.15, -0.1) is 0 Å². The van der Waals surface area contributed by atoms with Gasteiger partial charge in [0.1, 0.15) is 11.9 Å². The van der Waals surface area contributed by atoms with Gasteiger partial charge in [0, 0.05) is 12.1 Å². The van der Waals surface area contributed by atoms with E-state index in [9.17, 15) is 9.50 Å². The van der Waals surface area contributed by atoms with Crippen molar-refractivity contribution in [2.24, 2.45) is 0 Å². The molecule has 2 aromatic rings. The Bertz CT molecular complexity index is 542. The molecule has 0 aliphatic rings. The lowest BCUT2D eigenvalue weighted by molar-refractivity contribution is 0.201. The molecule has 0 saturated carbocycles. The molecule has 1 heterocycles. The van der Waals surface area contributed by atoms with Gasteiger partial charge >= 0.3 is 0 Å². The van der Waals surface area contributed by atoms with E-state index in [-0.39, 0.29) is 5.56 Å². The molecule has 0 bridgehead atoms. The quantitative estimate of drug-likeness (QED) is 0.941. The van der Waals surface area contributed by atoms with Gasteiger partial charge in [-0.05, 0) is 28.4 Å². The van der Waals surface area contributed by atoms with Gasteiger partial charge in [-0.2, -0.15) is 5.10 Å². The Hall–Kier alpha value is -1.20. The Kier molecular flexibility index (Phi) is 4.14. The van der Waals surface area contributed by atoms with E-state index >= 15 is 0 Å². The highest BCUT2D eigenvalue weighted by molar-refractivity contribution is 9.10. The van der Waals surface area contributed by atoms with Crippen LogP contribution in [0.2, 0.25) is 0 Å². The van der Waals surface area contributed by atoms with Crippen molar-refractivity contribution in [1.29, 1.82) is 0 Å². The van der Waals surface area contributed by atoms with Crippen LogP contribution in [0, 0.1) is 5.82 Å². The molecular weight excluding hydrogens is 299 g/mol. The standard InChI is InChI=1S/C13H14BrFN2O/c1-2-7-17-12(10(14)8-16-17)13(18)9-5-3-4-6-11(9)15/h3-6,8,13,18H,2,7H2,1H3. The summed E-state index contributed by atoms with van der Waals surface area (Å²) in [5.41, 5.74) is 0.845. The molecule has 0 spiro atoms. The summed E-state index contributed by atoms with van der Waals surface area (Å²) >= 11 is 3.34. The van der Waals surface area contributed by atoms with Crippen molar-refractivity contribution < 1.29 is 9.50 Å². The Labute approximate surface area is 113 Å². The van der Waals surface area contributed by atoms with Gasteiger partial charge in [-0.25, -0.2) is 4.39 Å². The van der Waals surface area contributed by atoms with Crippen LogP contribution in [0.1, 0.15) is 30.7 Å². The van der Waals surface area contributed by atoms with Crippen molar-refractivity contribution >= 4 is 15.9 Å². The summed E-state index contributed by atoms with van der Waals surface area (Å²) in [7, 11) is 0. The zero-order chi connectivity index (χ0) is 13.1. The lowest BCUT2D eigenvalue weighted by Crippen LogP contribution is -2.11. The Morgan fingerprint density at radius 3 is 2.83 bits per heavy atom. The largest absolute Gasteiger partial charge is 0.382 e. The van der Waals surface area contributed by atoms with E-state index in [1.165, 1.54) is 6.07 Å². The van der Waals surface area contributed by atoms with E-state index in [0.717, 1.165) is 6.42 Å². The topological polar surface area (TPSA) is 38.0 Å². The Morgan fingerprint density at radius 2 is 2.17 bits per heavy atom. The third-order valence-electron chi connectivity index (χ3n) is 2.73. The van der Waals surface area contributed by atoms with Gasteiger partial charge in [0.25, 0.3) is 0 Å². The first-order chi connectivity index (χ1) is 8.65. The highest BCUT2D eigenvalue weighted by atomic mass is 79.9. The maximum Gasteiger partial charge on any atom is 0.129 e. The van der Waals surface area contributed by atoms with Crippen LogP contribution in [-0.2, 0) is 6.54 Å². The average Bonchev–Trinajstić information content (AvgIpc) is 2.71. The minimum atomic E-state index is -1.02. The molecule has 3 nitrogen and oxygen atoms in total. The number of rotatable bonds is 4. The van der Waals surface area contributed by atoms with Gasteiger partial charge in [0.05, 0.1) is 16.4 Å². The van der Waals surface area contributed by atoms with Gasteiger partial charge in [-0.3, -0.25) is 4.68 Å². The second kappa shape index (κ2) is 5.63. The van der Waals surface area contributed by atoms with Crippen LogP contribution < -0.4 is 0 Å². The third-order valence-corrected chi connectivity index (χ3v) is 3.34. The molecule has 0 saturated heterocycles. The van der Waals surface area contributed by atoms with Gasteiger partial charge in [0.2, 0.25) is 0 Å². The van der Waals surface area contributed by atoms with Crippen molar-refractivity contribution in [1.82, 2.24) is 9.78 Å².